The fourth-order valence-electron chi connectivity index (χ4n) is 1.19. The van der Waals surface area contributed by atoms with Gasteiger partial charge in [-0.25, -0.2) is 0 Å². The number of aliphatic carboxylic acids is 1. The topological polar surface area (TPSA) is 63.3 Å². The minimum Gasteiger partial charge on any atom is -0.480 e. The average molecular weight is 290 g/mol. The van der Waals surface area contributed by atoms with Crippen LogP contribution in [0.25, 0.3) is 0 Å². The first-order chi connectivity index (χ1) is 9.08. The highest BCUT2D eigenvalue weighted by Gasteiger charge is 2.11. The lowest BCUT2D eigenvalue weighted by atomic mass is 10.1. The Bertz CT molecular complexity index is 201. The molecular weight excluding hydrogens is 250 g/mol. The van der Waals surface area contributed by atoms with Crippen LogP contribution < -0.4 is 5.73 Å². The van der Waals surface area contributed by atoms with E-state index in [1.165, 1.54) is 19.3 Å². The molecule has 0 fully saturated rings. The molecule has 0 radical (unpaired) electrons. The Labute approximate surface area is 127 Å². The molecule has 3 heteroatoms. The van der Waals surface area contributed by atoms with Gasteiger partial charge in [0.25, 0.3) is 0 Å². The van der Waals surface area contributed by atoms with E-state index in [0.29, 0.717) is 12.3 Å². The van der Waals surface area contributed by atoms with E-state index in [0.717, 1.165) is 11.8 Å². The molecule has 0 aliphatic rings. The molecule has 0 aromatic carbocycles. The minimum atomic E-state index is -0.913. The van der Waals surface area contributed by atoms with E-state index in [-0.39, 0.29) is 0 Å². The van der Waals surface area contributed by atoms with Crippen molar-refractivity contribution in [1.29, 1.82) is 0 Å². The third-order valence-electron chi connectivity index (χ3n) is 2.73. The van der Waals surface area contributed by atoms with Gasteiger partial charge in [0, 0.05) is 0 Å². The summed E-state index contributed by atoms with van der Waals surface area (Å²) in [6.45, 7) is 17.3. The Morgan fingerprint density at radius 1 is 0.950 bits per heavy atom. The number of rotatable bonds is 6. The van der Waals surface area contributed by atoms with Crippen molar-refractivity contribution in [3.05, 3.63) is 0 Å². The highest BCUT2D eigenvalue weighted by molar-refractivity contribution is 5.72. The largest absolute Gasteiger partial charge is 0.480 e. The van der Waals surface area contributed by atoms with Crippen molar-refractivity contribution in [1.82, 2.24) is 0 Å². The van der Waals surface area contributed by atoms with Gasteiger partial charge in [0.1, 0.15) is 6.04 Å². The van der Waals surface area contributed by atoms with Crippen molar-refractivity contribution >= 4 is 5.97 Å². The van der Waals surface area contributed by atoms with Gasteiger partial charge in [-0.3, -0.25) is 4.79 Å². The molecule has 3 N–H and O–H groups in total. The summed E-state index contributed by atoms with van der Waals surface area (Å²) in [5.74, 6) is 1.23. The zero-order chi connectivity index (χ0) is 16.7. The summed E-state index contributed by atoms with van der Waals surface area (Å²) >= 11 is 0. The van der Waals surface area contributed by atoms with Crippen molar-refractivity contribution in [2.45, 2.75) is 87.1 Å². The summed E-state index contributed by atoms with van der Waals surface area (Å²) in [6.07, 6.45) is 4.56. The van der Waals surface area contributed by atoms with E-state index in [1.54, 1.807) is 0 Å². The van der Waals surface area contributed by atoms with Crippen LogP contribution in [0.1, 0.15) is 81.1 Å². The van der Waals surface area contributed by atoms with Crippen molar-refractivity contribution in [2.24, 2.45) is 23.5 Å². The molecule has 0 heterocycles. The number of carbonyl (C=O) groups is 1. The van der Waals surface area contributed by atoms with Gasteiger partial charge >= 0.3 is 5.97 Å². The molecule has 0 rings (SSSR count). The average Bonchev–Trinajstić information content (AvgIpc) is 2.29. The predicted octanol–water partition coefficient (Wildman–Crippen LogP) is 4.94. The number of carboxylic acid groups (broad SMARTS) is 1. The Morgan fingerprint density at radius 2 is 1.35 bits per heavy atom. The van der Waals surface area contributed by atoms with Crippen LogP contribution in [0, 0.1) is 17.8 Å². The summed E-state index contributed by atoms with van der Waals surface area (Å²) in [6, 6.07) is -0.690. The Morgan fingerprint density at radius 3 is 1.40 bits per heavy atom. The van der Waals surface area contributed by atoms with E-state index in [1.807, 2.05) is 13.8 Å². The number of hydrogen-bond donors (Lipinski definition) is 2. The van der Waals surface area contributed by atoms with E-state index in [4.69, 9.17) is 10.8 Å². The van der Waals surface area contributed by atoms with Crippen LogP contribution in [0.15, 0.2) is 0 Å². The first-order valence-corrected chi connectivity index (χ1v) is 8.06. The van der Waals surface area contributed by atoms with Gasteiger partial charge in [0.15, 0.2) is 0 Å². The quantitative estimate of drug-likeness (QED) is 0.728. The first kappa shape index (κ1) is 24.4. The van der Waals surface area contributed by atoms with Crippen LogP contribution in [0.3, 0.4) is 0 Å². The fraction of sp³-hybridized carbons (Fsp3) is 0.941. The molecule has 0 aromatic rings. The van der Waals surface area contributed by atoms with Crippen LogP contribution >= 0.6 is 0 Å². The lowest BCUT2D eigenvalue weighted by Gasteiger charge is -2.07. The standard InChI is InChI=1S/C6H13NO2.C6H14.C5H12/c1-4(2)3-5(7)6(8)9;1-4-5-6(2)3;1-4-5(2)3/h4-5H,3,7H2,1-2H3,(H,8,9);6H,4-5H2,1-3H3;5H,4H2,1-3H3. The smallest absolute Gasteiger partial charge is 0.320 e. The zero-order valence-corrected chi connectivity index (χ0v) is 15.1. The second-order valence-electron chi connectivity index (χ2n) is 6.56. The highest BCUT2D eigenvalue weighted by Crippen LogP contribution is 2.01. The molecule has 0 amide bonds. The molecule has 0 spiro atoms. The molecule has 0 saturated heterocycles. The molecular formula is C17H39NO2. The number of hydrogen-bond acceptors (Lipinski definition) is 2. The normalized spacial score (nSPS) is 11.6. The molecule has 0 aliphatic heterocycles. The molecule has 1 unspecified atom stereocenters. The van der Waals surface area contributed by atoms with Gasteiger partial charge in [-0.15, -0.1) is 0 Å². The maximum Gasteiger partial charge on any atom is 0.320 e. The third-order valence-corrected chi connectivity index (χ3v) is 2.73. The molecule has 3 nitrogen and oxygen atoms in total. The van der Waals surface area contributed by atoms with Gasteiger partial charge in [-0.1, -0.05) is 74.7 Å². The maximum absolute atomic E-state index is 10.1. The summed E-state index contributed by atoms with van der Waals surface area (Å²) in [5, 5.41) is 8.31. The lowest BCUT2D eigenvalue weighted by molar-refractivity contribution is -0.138. The summed E-state index contributed by atoms with van der Waals surface area (Å²) in [4.78, 5) is 10.1. The van der Waals surface area contributed by atoms with Crippen LogP contribution in [0.2, 0.25) is 0 Å². The minimum absolute atomic E-state index is 0.357. The summed E-state index contributed by atoms with van der Waals surface area (Å²) < 4.78 is 0. The molecule has 0 aromatic heterocycles. The van der Waals surface area contributed by atoms with Crippen LogP contribution in [0.5, 0.6) is 0 Å². The van der Waals surface area contributed by atoms with Gasteiger partial charge < -0.3 is 10.8 Å². The van der Waals surface area contributed by atoms with Crippen molar-refractivity contribution < 1.29 is 9.90 Å². The Kier molecular flexibility index (Phi) is 20.2. The lowest BCUT2D eigenvalue weighted by Crippen LogP contribution is -2.31. The number of carboxylic acids is 1. The second kappa shape index (κ2) is 16.5. The molecule has 124 valence electrons. The number of nitrogens with two attached hydrogens (primary N) is 1. The van der Waals surface area contributed by atoms with Gasteiger partial charge in [0.2, 0.25) is 0 Å². The van der Waals surface area contributed by atoms with Gasteiger partial charge in [-0.2, -0.15) is 0 Å². The SMILES string of the molecule is CC(C)CC(N)C(=O)O.CCC(C)C.CCCC(C)C. The highest BCUT2D eigenvalue weighted by atomic mass is 16.4. The van der Waals surface area contributed by atoms with Crippen molar-refractivity contribution in [3.8, 4) is 0 Å². The van der Waals surface area contributed by atoms with Crippen molar-refractivity contribution in [3.63, 3.8) is 0 Å². The Balaban J connectivity index is -0.000000230. The molecule has 1 atom stereocenters. The van der Waals surface area contributed by atoms with E-state index in [9.17, 15) is 4.79 Å². The van der Waals surface area contributed by atoms with Gasteiger partial charge in [0.05, 0.1) is 0 Å². The first-order valence-electron chi connectivity index (χ1n) is 8.06. The van der Waals surface area contributed by atoms with Crippen LogP contribution in [0.4, 0.5) is 0 Å². The van der Waals surface area contributed by atoms with E-state index < -0.39 is 12.0 Å². The van der Waals surface area contributed by atoms with E-state index >= 15 is 0 Å². The molecule has 0 saturated carbocycles. The molecule has 0 bridgehead atoms. The summed E-state index contributed by atoms with van der Waals surface area (Å²) in [7, 11) is 0. The van der Waals surface area contributed by atoms with Crippen molar-refractivity contribution in [2.75, 3.05) is 0 Å². The summed E-state index contributed by atoms with van der Waals surface area (Å²) in [5.41, 5.74) is 5.22. The molecule has 20 heavy (non-hydrogen) atoms. The van der Waals surface area contributed by atoms with Gasteiger partial charge in [-0.05, 0) is 24.2 Å². The zero-order valence-electron chi connectivity index (χ0n) is 15.1. The van der Waals surface area contributed by atoms with Crippen LogP contribution in [-0.2, 0) is 4.79 Å². The van der Waals surface area contributed by atoms with Crippen LogP contribution in [-0.4, -0.2) is 17.1 Å². The third kappa shape index (κ3) is 30.5. The monoisotopic (exact) mass is 289 g/mol. The van der Waals surface area contributed by atoms with E-state index in [2.05, 4.69) is 41.5 Å². The predicted molar refractivity (Wildman–Crippen MR) is 89.9 cm³/mol. The second-order valence-corrected chi connectivity index (χ2v) is 6.56. The maximum atomic E-state index is 10.1. The molecule has 0 aliphatic carbocycles. The Hall–Kier alpha value is -0.570. The fourth-order valence-corrected chi connectivity index (χ4v) is 1.19.